The molecule has 0 radical (unpaired) electrons. The van der Waals surface area contributed by atoms with Gasteiger partial charge >= 0.3 is 0 Å². The molecule has 3 aromatic carbocycles. The molecular formula is C25H28ClN3O5S2. The first-order valence-corrected chi connectivity index (χ1v) is 14.7. The zero-order valence-electron chi connectivity index (χ0n) is 20.5. The van der Waals surface area contributed by atoms with E-state index in [1.807, 2.05) is 13.0 Å². The Kier molecular flexibility index (Phi) is 8.02. The Morgan fingerprint density at radius 1 is 0.944 bits per heavy atom. The number of halogens is 1. The largest absolute Gasteiger partial charge is 0.324 e. The summed E-state index contributed by atoms with van der Waals surface area (Å²) >= 11 is 6.07. The normalized spacial score (nSPS) is 12.6. The van der Waals surface area contributed by atoms with Crippen molar-refractivity contribution >= 4 is 54.6 Å². The van der Waals surface area contributed by atoms with Crippen molar-refractivity contribution < 1.29 is 21.6 Å². The van der Waals surface area contributed by atoms with Crippen molar-refractivity contribution in [3.05, 3.63) is 82.4 Å². The Hall–Kier alpha value is -3.08. The number of anilines is 3. The standard InChI is InChI=1S/C25H28ClN3O5S2/c1-16-9-10-17(2)24(15-16)29(35(5,31)32)19(4)25(30)27-20-11-13-21(14-12-20)36(33,34)28-23-8-6-7-22(26)18(23)3/h6-15,19,28H,1-5H3,(H,27,30)/t19-/m1/s1. The summed E-state index contributed by atoms with van der Waals surface area (Å²) in [7, 11) is -7.68. The lowest BCUT2D eigenvalue weighted by atomic mass is 10.1. The van der Waals surface area contributed by atoms with Crippen molar-refractivity contribution in [1.82, 2.24) is 0 Å². The van der Waals surface area contributed by atoms with Gasteiger partial charge in [-0.05, 0) is 86.8 Å². The number of nitrogens with one attached hydrogen (secondary N) is 2. The Morgan fingerprint density at radius 2 is 1.58 bits per heavy atom. The van der Waals surface area contributed by atoms with Crippen molar-refractivity contribution in [2.45, 2.75) is 38.6 Å². The average molecular weight is 550 g/mol. The summed E-state index contributed by atoms with van der Waals surface area (Å²) in [5.74, 6) is -0.565. The molecule has 0 aromatic heterocycles. The maximum atomic E-state index is 13.0. The summed E-state index contributed by atoms with van der Waals surface area (Å²) < 4.78 is 54.4. The summed E-state index contributed by atoms with van der Waals surface area (Å²) in [6.07, 6.45) is 1.05. The molecule has 0 aliphatic rings. The van der Waals surface area contributed by atoms with Gasteiger partial charge in [-0.15, -0.1) is 0 Å². The predicted octanol–water partition coefficient (Wildman–Crippen LogP) is 4.86. The summed E-state index contributed by atoms with van der Waals surface area (Å²) in [6.45, 7) is 6.81. The monoisotopic (exact) mass is 549 g/mol. The Labute approximate surface area is 217 Å². The van der Waals surface area contributed by atoms with Gasteiger partial charge in [0.15, 0.2) is 0 Å². The Bertz CT molecular complexity index is 1510. The fourth-order valence-electron chi connectivity index (χ4n) is 3.62. The predicted molar refractivity (Wildman–Crippen MR) is 145 cm³/mol. The molecule has 0 unspecified atom stereocenters. The van der Waals surface area contributed by atoms with Crippen LogP contribution in [-0.4, -0.2) is 35.0 Å². The number of nitrogens with zero attached hydrogens (tertiary/aromatic N) is 1. The lowest BCUT2D eigenvalue weighted by Crippen LogP contribution is -2.45. The first kappa shape index (κ1) is 27.5. The maximum absolute atomic E-state index is 13.0. The number of carbonyl (C=O) groups is 1. The van der Waals surface area contributed by atoms with E-state index in [0.717, 1.165) is 16.1 Å². The van der Waals surface area contributed by atoms with E-state index in [1.165, 1.54) is 31.2 Å². The van der Waals surface area contributed by atoms with Gasteiger partial charge in [-0.2, -0.15) is 0 Å². The van der Waals surface area contributed by atoms with E-state index >= 15 is 0 Å². The van der Waals surface area contributed by atoms with E-state index in [9.17, 15) is 21.6 Å². The quantitative estimate of drug-likeness (QED) is 0.416. The van der Waals surface area contributed by atoms with Crippen LogP contribution in [-0.2, 0) is 24.8 Å². The van der Waals surface area contributed by atoms with Crippen LogP contribution in [0.15, 0.2) is 65.6 Å². The van der Waals surface area contributed by atoms with Crippen LogP contribution >= 0.6 is 11.6 Å². The number of hydrogen-bond acceptors (Lipinski definition) is 5. The third kappa shape index (κ3) is 6.18. The molecule has 0 aliphatic heterocycles. The summed E-state index contributed by atoms with van der Waals surface area (Å²) in [6, 6.07) is 14.8. The second-order valence-electron chi connectivity index (χ2n) is 8.56. The topological polar surface area (TPSA) is 113 Å². The molecule has 0 bridgehead atoms. The van der Waals surface area contributed by atoms with Gasteiger partial charge in [0, 0.05) is 10.7 Å². The highest BCUT2D eigenvalue weighted by atomic mass is 35.5. The van der Waals surface area contributed by atoms with Gasteiger partial charge in [-0.25, -0.2) is 16.8 Å². The number of hydrogen-bond donors (Lipinski definition) is 2. The number of sulfonamides is 2. The third-order valence-electron chi connectivity index (χ3n) is 5.63. The first-order valence-electron chi connectivity index (χ1n) is 11.0. The molecule has 8 nitrogen and oxygen atoms in total. The third-order valence-corrected chi connectivity index (χ3v) is 8.65. The van der Waals surface area contributed by atoms with E-state index < -0.39 is 32.0 Å². The molecule has 36 heavy (non-hydrogen) atoms. The van der Waals surface area contributed by atoms with E-state index in [2.05, 4.69) is 10.0 Å². The van der Waals surface area contributed by atoms with Crippen LogP contribution in [0.1, 0.15) is 23.6 Å². The van der Waals surface area contributed by atoms with E-state index in [4.69, 9.17) is 11.6 Å². The van der Waals surface area contributed by atoms with Crippen LogP contribution in [0.5, 0.6) is 0 Å². The van der Waals surface area contributed by atoms with Gasteiger partial charge in [0.05, 0.1) is 22.5 Å². The maximum Gasteiger partial charge on any atom is 0.261 e. The lowest BCUT2D eigenvalue weighted by Gasteiger charge is -2.29. The van der Waals surface area contributed by atoms with E-state index in [-0.39, 0.29) is 4.90 Å². The molecule has 11 heteroatoms. The fraction of sp³-hybridized carbons (Fsp3) is 0.240. The molecule has 0 fully saturated rings. The summed E-state index contributed by atoms with van der Waals surface area (Å²) in [5, 5.41) is 3.10. The Morgan fingerprint density at radius 3 is 2.19 bits per heavy atom. The molecule has 0 saturated heterocycles. The first-order chi connectivity index (χ1) is 16.7. The van der Waals surface area contributed by atoms with Crippen molar-refractivity contribution in [1.29, 1.82) is 0 Å². The minimum absolute atomic E-state index is 0.0129. The minimum Gasteiger partial charge on any atom is -0.324 e. The number of carbonyl (C=O) groups excluding carboxylic acids is 1. The van der Waals surface area contributed by atoms with E-state index in [1.54, 1.807) is 44.2 Å². The molecule has 0 heterocycles. The second-order valence-corrected chi connectivity index (χ2v) is 12.5. The summed E-state index contributed by atoms with van der Waals surface area (Å²) in [5.41, 5.74) is 3.27. The van der Waals surface area contributed by atoms with Gasteiger partial charge in [0.25, 0.3) is 10.0 Å². The lowest BCUT2D eigenvalue weighted by molar-refractivity contribution is -0.116. The van der Waals surface area contributed by atoms with Crippen LogP contribution in [0.3, 0.4) is 0 Å². The molecule has 3 aromatic rings. The zero-order valence-corrected chi connectivity index (χ0v) is 22.9. The van der Waals surface area contributed by atoms with Crippen LogP contribution in [0.25, 0.3) is 0 Å². The molecule has 2 N–H and O–H groups in total. The SMILES string of the molecule is Cc1ccc(C)c(N([C@H](C)C(=O)Nc2ccc(S(=O)(=O)Nc3cccc(Cl)c3C)cc2)S(C)(=O)=O)c1. The van der Waals surface area contributed by atoms with E-state index in [0.29, 0.717) is 33.2 Å². The van der Waals surface area contributed by atoms with Crippen LogP contribution in [0.4, 0.5) is 17.1 Å². The molecule has 0 saturated carbocycles. The van der Waals surface area contributed by atoms with Gasteiger partial charge in [-0.3, -0.25) is 13.8 Å². The molecular weight excluding hydrogens is 522 g/mol. The molecule has 3 rings (SSSR count). The van der Waals surface area contributed by atoms with Crippen molar-refractivity contribution in [3.63, 3.8) is 0 Å². The highest BCUT2D eigenvalue weighted by Gasteiger charge is 2.30. The minimum atomic E-state index is -3.90. The van der Waals surface area contributed by atoms with Gasteiger partial charge < -0.3 is 5.32 Å². The molecule has 1 amide bonds. The number of aryl methyl sites for hydroxylation is 2. The zero-order chi connectivity index (χ0) is 26.8. The van der Waals surface area contributed by atoms with Crippen molar-refractivity contribution in [3.8, 4) is 0 Å². The molecule has 1 atom stereocenters. The average Bonchev–Trinajstić information content (AvgIpc) is 2.78. The van der Waals surface area contributed by atoms with Gasteiger partial charge in [-0.1, -0.05) is 29.8 Å². The Balaban J connectivity index is 1.81. The highest BCUT2D eigenvalue weighted by Crippen LogP contribution is 2.28. The number of benzene rings is 3. The fourth-order valence-corrected chi connectivity index (χ4v) is 6.15. The molecule has 192 valence electrons. The second kappa shape index (κ2) is 10.5. The molecule has 0 aliphatic carbocycles. The van der Waals surface area contributed by atoms with Crippen molar-refractivity contribution in [2.24, 2.45) is 0 Å². The summed E-state index contributed by atoms with van der Waals surface area (Å²) in [4.78, 5) is 13.0. The van der Waals surface area contributed by atoms with Crippen LogP contribution in [0.2, 0.25) is 5.02 Å². The van der Waals surface area contributed by atoms with Gasteiger partial charge in [0.2, 0.25) is 15.9 Å². The number of amides is 1. The highest BCUT2D eigenvalue weighted by molar-refractivity contribution is 7.92. The van der Waals surface area contributed by atoms with Crippen LogP contribution in [0, 0.1) is 20.8 Å². The smallest absolute Gasteiger partial charge is 0.261 e. The van der Waals surface area contributed by atoms with Crippen molar-refractivity contribution in [2.75, 3.05) is 20.6 Å². The van der Waals surface area contributed by atoms with Gasteiger partial charge in [0.1, 0.15) is 6.04 Å². The number of rotatable bonds is 8. The van der Waals surface area contributed by atoms with Crippen LogP contribution < -0.4 is 14.3 Å². The molecule has 0 spiro atoms.